The molecule has 1 aliphatic heterocycles. The van der Waals surface area contributed by atoms with Crippen LogP contribution >= 0.6 is 0 Å². The summed E-state index contributed by atoms with van der Waals surface area (Å²) in [5.41, 5.74) is 5.33. The molecule has 6 nitrogen and oxygen atoms in total. The normalized spacial score (nSPS) is 19.7. The molecule has 7 heteroatoms. The molecule has 1 rings (SSSR count). The predicted octanol–water partition coefficient (Wildman–Crippen LogP) is -0.285. The Hall–Kier alpha value is -0.660. The van der Waals surface area contributed by atoms with E-state index in [1.165, 1.54) is 0 Å². The SMILES string of the molecule is CC(C)S(=O)(=O)NC1CCN(CC(=N)N)CC1. The molecule has 1 saturated heterocycles. The predicted molar refractivity (Wildman–Crippen MR) is 68.6 cm³/mol. The molecule has 0 bridgehead atoms. The van der Waals surface area contributed by atoms with Crippen molar-refractivity contribution >= 4 is 15.9 Å². The van der Waals surface area contributed by atoms with Crippen LogP contribution in [-0.4, -0.2) is 50.1 Å². The van der Waals surface area contributed by atoms with Crippen LogP contribution in [-0.2, 0) is 10.0 Å². The van der Waals surface area contributed by atoms with Gasteiger partial charge in [0.1, 0.15) is 5.84 Å². The zero-order valence-corrected chi connectivity index (χ0v) is 11.3. The Kier molecular flexibility index (Phi) is 4.91. The van der Waals surface area contributed by atoms with Crippen LogP contribution < -0.4 is 10.5 Å². The number of nitrogens with one attached hydrogen (secondary N) is 2. The van der Waals surface area contributed by atoms with Gasteiger partial charge in [-0.05, 0) is 26.7 Å². The van der Waals surface area contributed by atoms with Gasteiger partial charge in [-0.15, -0.1) is 0 Å². The Labute approximate surface area is 103 Å². The minimum atomic E-state index is -3.17. The number of hydrogen-bond acceptors (Lipinski definition) is 4. The van der Waals surface area contributed by atoms with Crippen molar-refractivity contribution in [1.82, 2.24) is 9.62 Å². The lowest BCUT2D eigenvalue weighted by molar-refractivity contribution is 0.231. The first kappa shape index (κ1) is 14.4. The number of piperidine rings is 1. The Balaban J connectivity index is 2.40. The van der Waals surface area contributed by atoms with Crippen LogP contribution in [0.5, 0.6) is 0 Å². The molecule has 0 spiro atoms. The molecule has 0 aromatic carbocycles. The highest BCUT2D eigenvalue weighted by Crippen LogP contribution is 2.12. The van der Waals surface area contributed by atoms with Crippen LogP contribution in [0.4, 0.5) is 0 Å². The second-order valence-corrected chi connectivity index (χ2v) is 7.06. The van der Waals surface area contributed by atoms with Gasteiger partial charge >= 0.3 is 0 Å². The highest BCUT2D eigenvalue weighted by atomic mass is 32.2. The zero-order valence-electron chi connectivity index (χ0n) is 10.4. The maximum absolute atomic E-state index is 11.7. The van der Waals surface area contributed by atoms with Crippen molar-refractivity contribution in [2.24, 2.45) is 5.73 Å². The van der Waals surface area contributed by atoms with E-state index in [-0.39, 0.29) is 11.9 Å². The third-order valence-corrected chi connectivity index (χ3v) is 4.84. The highest BCUT2D eigenvalue weighted by molar-refractivity contribution is 7.90. The number of rotatable bonds is 5. The van der Waals surface area contributed by atoms with E-state index in [1.807, 2.05) is 0 Å². The molecule has 1 fully saturated rings. The summed E-state index contributed by atoms with van der Waals surface area (Å²) in [5.74, 6) is 0.159. The van der Waals surface area contributed by atoms with E-state index in [9.17, 15) is 8.42 Å². The lowest BCUT2D eigenvalue weighted by atomic mass is 10.1. The molecule has 0 atom stereocenters. The standard InChI is InChI=1S/C10H22N4O2S/c1-8(2)17(15,16)13-9-3-5-14(6-4-9)7-10(11)12/h8-9,13H,3-7H2,1-2H3,(H3,11,12). The van der Waals surface area contributed by atoms with Gasteiger partial charge < -0.3 is 5.73 Å². The average Bonchev–Trinajstić information content (AvgIpc) is 2.19. The van der Waals surface area contributed by atoms with Gasteiger partial charge in [0.2, 0.25) is 10.0 Å². The molecule has 0 radical (unpaired) electrons. The quantitative estimate of drug-likeness (QED) is 0.468. The van der Waals surface area contributed by atoms with Crippen LogP contribution in [0.25, 0.3) is 0 Å². The first-order chi connectivity index (χ1) is 7.81. The minimum Gasteiger partial charge on any atom is -0.387 e. The average molecular weight is 262 g/mol. The van der Waals surface area contributed by atoms with Crippen molar-refractivity contribution < 1.29 is 8.42 Å². The minimum absolute atomic E-state index is 0.0191. The molecule has 0 aliphatic carbocycles. The molecule has 0 unspecified atom stereocenters. The number of nitrogens with zero attached hydrogens (tertiary/aromatic N) is 1. The molecule has 0 aromatic heterocycles. The summed E-state index contributed by atoms with van der Waals surface area (Å²) in [5, 5.41) is 6.81. The summed E-state index contributed by atoms with van der Waals surface area (Å²) in [6.07, 6.45) is 1.55. The molecule has 17 heavy (non-hydrogen) atoms. The van der Waals surface area contributed by atoms with Gasteiger partial charge in [-0.1, -0.05) is 0 Å². The Bertz CT molecular complexity index is 359. The van der Waals surface area contributed by atoms with Gasteiger partial charge in [0.15, 0.2) is 0 Å². The second kappa shape index (κ2) is 5.79. The monoisotopic (exact) mass is 262 g/mol. The van der Waals surface area contributed by atoms with Gasteiger partial charge in [-0.2, -0.15) is 0 Å². The fraction of sp³-hybridized carbons (Fsp3) is 0.900. The summed E-state index contributed by atoms with van der Waals surface area (Å²) in [4.78, 5) is 2.07. The van der Waals surface area contributed by atoms with Gasteiger partial charge in [0, 0.05) is 19.1 Å². The van der Waals surface area contributed by atoms with Crippen molar-refractivity contribution in [2.75, 3.05) is 19.6 Å². The molecule has 0 aromatic rings. The van der Waals surface area contributed by atoms with Gasteiger partial charge in [0.25, 0.3) is 0 Å². The summed E-state index contributed by atoms with van der Waals surface area (Å²) in [6.45, 7) is 5.39. The first-order valence-corrected chi connectivity index (χ1v) is 7.42. The van der Waals surface area contributed by atoms with Gasteiger partial charge in [0.05, 0.1) is 11.8 Å². The summed E-state index contributed by atoms with van der Waals surface area (Å²) < 4.78 is 26.1. The number of hydrogen-bond donors (Lipinski definition) is 3. The van der Waals surface area contributed by atoms with E-state index in [2.05, 4.69) is 9.62 Å². The van der Waals surface area contributed by atoms with Gasteiger partial charge in [-0.3, -0.25) is 10.3 Å². The van der Waals surface area contributed by atoms with Crippen LogP contribution in [0.15, 0.2) is 0 Å². The van der Waals surface area contributed by atoms with Crippen molar-refractivity contribution in [3.63, 3.8) is 0 Å². The number of amidine groups is 1. The lowest BCUT2D eigenvalue weighted by Gasteiger charge is -2.32. The van der Waals surface area contributed by atoms with Gasteiger partial charge in [-0.25, -0.2) is 13.1 Å². The largest absolute Gasteiger partial charge is 0.387 e. The third kappa shape index (κ3) is 4.61. The van der Waals surface area contributed by atoms with Crippen LogP contribution in [0.3, 0.4) is 0 Å². The van der Waals surface area contributed by atoms with E-state index in [1.54, 1.807) is 13.8 Å². The fourth-order valence-corrected chi connectivity index (χ4v) is 2.79. The van der Waals surface area contributed by atoms with E-state index >= 15 is 0 Å². The Morgan fingerprint density at radius 3 is 2.41 bits per heavy atom. The second-order valence-electron chi connectivity index (χ2n) is 4.79. The van der Waals surface area contributed by atoms with Crippen LogP contribution in [0.2, 0.25) is 0 Å². The van der Waals surface area contributed by atoms with E-state index in [0.29, 0.717) is 6.54 Å². The molecule has 1 heterocycles. The lowest BCUT2D eigenvalue weighted by Crippen LogP contribution is -2.47. The molecule has 0 saturated carbocycles. The van der Waals surface area contributed by atoms with E-state index in [0.717, 1.165) is 25.9 Å². The molecule has 1 aliphatic rings. The topological polar surface area (TPSA) is 99.3 Å². The van der Waals surface area contributed by atoms with Crippen molar-refractivity contribution in [1.29, 1.82) is 5.41 Å². The smallest absolute Gasteiger partial charge is 0.214 e. The third-order valence-electron chi connectivity index (χ3n) is 2.93. The Morgan fingerprint density at radius 1 is 1.47 bits per heavy atom. The fourth-order valence-electron chi connectivity index (χ4n) is 1.82. The van der Waals surface area contributed by atoms with Crippen molar-refractivity contribution in [2.45, 2.75) is 38.0 Å². The first-order valence-electron chi connectivity index (χ1n) is 5.87. The maximum Gasteiger partial charge on any atom is 0.214 e. The summed E-state index contributed by atoms with van der Waals surface area (Å²) in [7, 11) is -3.17. The van der Waals surface area contributed by atoms with Crippen LogP contribution in [0.1, 0.15) is 26.7 Å². The molecule has 4 N–H and O–H groups in total. The summed E-state index contributed by atoms with van der Waals surface area (Å²) in [6, 6.07) is 0.0191. The molecular formula is C10H22N4O2S. The number of sulfonamides is 1. The van der Waals surface area contributed by atoms with E-state index < -0.39 is 15.3 Å². The molecule has 0 amide bonds. The number of likely N-dealkylation sites (tertiary alicyclic amines) is 1. The summed E-state index contributed by atoms with van der Waals surface area (Å²) >= 11 is 0. The highest BCUT2D eigenvalue weighted by Gasteiger charge is 2.25. The van der Waals surface area contributed by atoms with Crippen LogP contribution in [0, 0.1) is 5.41 Å². The zero-order chi connectivity index (χ0) is 13.1. The molecular weight excluding hydrogens is 240 g/mol. The Morgan fingerprint density at radius 2 is 2.00 bits per heavy atom. The maximum atomic E-state index is 11.7. The van der Waals surface area contributed by atoms with Crippen molar-refractivity contribution in [3.8, 4) is 0 Å². The van der Waals surface area contributed by atoms with E-state index in [4.69, 9.17) is 11.1 Å². The van der Waals surface area contributed by atoms with Crippen molar-refractivity contribution in [3.05, 3.63) is 0 Å². The number of nitrogens with two attached hydrogens (primary N) is 1. The molecule has 100 valence electrons.